The number of hydrogen-bond acceptors (Lipinski definition) is 2. The molecule has 30 heavy (non-hydrogen) atoms. The van der Waals surface area contributed by atoms with Gasteiger partial charge in [-0.2, -0.15) is 0 Å². The van der Waals surface area contributed by atoms with Crippen LogP contribution in [0.5, 0.6) is 0 Å². The Balaban J connectivity index is 1.27. The molecule has 0 saturated heterocycles. The molecule has 154 valence electrons. The molecule has 0 bridgehead atoms. The van der Waals surface area contributed by atoms with Gasteiger partial charge in [-0.15, -0.1) is 0 Å². The largest absolute Gasteiger partial charge is 0.466 e. The molecule has 1 aromatic carbocycles. The first-order valence-electron chi connectivity index (χ1n) is 11.3. The van der Waals surface area contributed by atoms with Crippen LogP contribution in [0.2, 0.25) is 0 Å². The van der Waals surface area contributed by atoms with Crippen LogP contribution in [0.3, 0.4) is 0 Å². The second-order valence-electron chi connectivity index (χ2n) is 9.37. The van der Waals surface area contributed by atoms with Crippen molar-refractivity contribution >= 4 is 11.4 Å². The number of carbonyl (C=O) groups is 1. The van der Waals surface area contributed by atoms with Crippen LogP contribution in [0.4, 0.5) is 0 Å². The van der Waals surface area contributed by atoms with Crippen molar-refractivity contribution in [2.45, 2.75) is 58.8 Å². The van der Waals surface area contributed by atoms with E-state index >= 15 is 0 Å². The molecule has 1 saturated carbocycles. The van der Waals surface area contributed by atoms with Gasteiger partial charge in [-0.3, -0.25) is 4.79 Å². The Morgan fingerprint density at radius 2 is 1.67 bits per heavy atom. The van der Waals surface area contributed by atoms with Gasteiger partial charge in [-0.05, 0) is 80.6 Å². The maximum atomic E-state index is 11.5. The predicted molar refractivity (Wildman–Crippen MR) is 122 cm³/mol. The average molecular weight is 399 g/mol. The van der Waals surface area contributed by atoms with Crippen LogP contribution >= 0.6 is 0 Å². The molecule has 0 spiro atoms. The molecule has 5 rings (SSSR count). The van der Waals surface area contributed by atoms with Gasteiger partial charge in [0.05, 0.1) is 0 Å². The van der Waals surface area contributed by atoms with E-state index in [-0.39, 0.29) is 5.78 Å². The van der Waals surface area contributed by atoms with Crippen molar-refractivity contribution in [1.29, 1.82) is 0 Å². The molecule has 2 heteroatoms. The highest BCUT2D eigenvalue weighted by molar-refractivity contribution is 5.94. The minimum Gasteiger partial charge on any atom is -0.466 e. The molecule has 1 aromatic rings. The lowest BCUT2D eigenvalue weighted by molar-refractivity contribution is 0.101. The zero-order valence-electron chi connectivity index (χ0n) is 18.0. The molecule has 0 N–H and O–H groups in total. The summed E-state index contributed by atoms with van der Waals surface area (Å²) < 4.78 is 6.16. The van der Waals surface area contributed by atoms with Gasteiger partial charge in [0.25, 0.3) is 0 Å². The van der Waals surface area contributed by atoms with Crippen molar-refractivity contribution in [2.75, 3.05) is 0 Å². The Bertz CT molecular complexity index is 1030. The van der Waals surface area contributed by atoms with Gasteiger partial charge in [0.15, 0.2) is 5.78 Å². The fourth-order valence-corrected chi connectivity index (χ4v) is 5.31. The van der Waals surface area contributed by atoms with Gasteiger partial charge in [0.1, 0.15) is 11.5 Å². The normalized spacial score (nSPS) is 27.7. The van der Waals surface area contributed by atoms with Gasteiger partial charge in [-0.25, -0.2) is 0 Å². The van der Waals surface area contributed by atoms with Crippen LogP contribution in [0, 0.1) is 11.3 Å². The summed E-state index contributed by atoms with van der Waals surface area (Å²) >= 11 is 0. The van der Waals surface area contributed by atoms with Crippen molar-refractivity contribution in [3.8, 4) is 0 Å². The minimum absolute atomic E-state index is 0.132. The number of fused-ring (bicyclic) bond motifs is 1. The van der Waals surface area contributed by atoms with Gasteiger partial charge in [0, 0.05) is 18.4 Å². The first-order chi connectivity index (χ1) is 14.5. The molecule has 4 aliphatic rings. The Kier molecular flexibility index (Phi) is 4.89. The number of benzene rings is 1. The summed E-state index contributed by atoms with van der Waals surface area (Å²) in [5.74, 6) is 3.02. The third kappa shape index (κ3) is 3.64. The van der Waals surface area contributed by atoms with E-state index in [4.69, 9.17) is 4.74 Å². The van der Waals surface area contributed by atoms with E-state index in [1.54, 1.807) is 12.5 Å². The fraction of sp³-hybridized carbons (Fsp3) is 0.393. The Morgan fingerprint density at radius 1 is 0.933 bits per heavy atom. The maximum Gasteiger partial charge on any atom is 0.159 e. The van der Waals surface area contributed by atoms with Crippen LogP contribution in [-0.4, -0.2) is 5.78 Å². The van der Waals surface area contributed by atoms with Crippen LogP contribution in [0.15, 0.2) is 77.3 Å². The number of carbonyl (C=O) groups excluding carboxylic acids is 1. The quantitative estimate of drug-likeness (QED) is 0.486. The molecule has 0 heterocycles. The lowest BCUT2D eigenvalue weighted by Gasteiger charge is -2.28. The third-order valence-electron chi connectivity index (χ3n) is 7.37. The SMILES string of the molecule is CC(=O)c1ccc(C2=CC3CC3(C3=CC=C(OC4=CC=C(C)CC4)CC3)CC2)cc1. The molecule has 2 unspecified atom stereocenters. The molecule has 0 aromatic heterocycles. The summed E-state index contributed by atoms with van der Waals surface area (Å²) in [6.45, 7) is 3.80. The van der Waals surface area contributed by atoms with E-state index < -0.39 is 0 Å². The number of rotatable bonds is 5. The van der Waals surface area contributed by atoms with E-state index in [2.05, 4.69) is 49.4 Å². The van der Waals surface area contributed by atoms with Crippen LogP contribution < -0.4 is 0 Å². The van der Waals surface area contributed by atoms with Crippen LogP contribution in [-0.2, 0) is 4.74 Å². The van der Waals surface area contributed by atoms with Gasteiger partial charge >= 0.3 is 0 Å². The monoisotopic (exact) mass is 398 g/mol. The number of allylic oxidation sites excluding steroid dienone is 10. The van der Waals surface area contributed by atoms with E-state index in [1.165, 1.54) is 29.6 Å². The Morgan fingerprint density at radius 3 is 2.27 bits per heavy atom. The summed E-state index contributed by atoms with van der Waals surface area (Å²) in [7, 11) is 0. The molecule has 4 aliphatic carbocycles. The summed E-state index contributed by atoms with van der Waals surface area (Å²) in [5, 5.41) is 0. The van der Waals surface area contributed by atoms with Crippen molar-refractivity contribution in [2.24, 2.45) is 11.3 Å². The fourth-order valence-electron chi connectivity index (χ4n) is 5.31. The first-order valence-corrected chi connectivity index (χ1v) is 11.3. The molecule has 2 atom stereocenters. The number of ether oxygens (including phenoxy) is 1. The second-order valence-corrected chi connectivity index (χ2v) is 9.37. The highest BCUT2D eigenvalue weighted by Gasteiger charge is 2.56. The van der Waals surface area contributed by atoms with Crippen molar-refractivity contribution < 1.29 is 9.53 Å². The van der Waals surface area contributed by atoms with E-state index in [0.29, 0.717) is 11.3 Å². The molecular formula is C28H30O2. The lowest BCUT2D eigenvalue weighted by atomic mass is 9.78. The van der Waals surface area contributed by atoms with E-state index in [1.807, 2.05) is 12.1 Å². The molecule has 1 fully saturated rings. The zero-order chi connectivity index (χ0) is 20.7. The molecule has 0 aliphatic heterocycles. The minimum atomic E-state index is 0.132. The number of Topliss-reactive ketones (excluding diaryl/α,β-unsaturated/α-hetero) is 1. The van der Waals surface area contributed by atoms with Crippen LogP contribution in [0.25, 0.3) is 5.57 Å². The summed E-state index contributed by atoms with van der Waals surface area (Å²) in [6, 6.07) is 8.14. The van der Waals surface area contributed by atoms with E-state index in [0.717, 1.165) is 49.2 Å². The van der Waals surface area contributed by atoms with Gasteiger partial charge < -0.3 is 4.74 Å². The maximum absolute atomic E-state index is 11.5. The molecular weight excluding hydrogens is 368 g/mol. The highest BCUT2D eigenvalue weighted by atomic mass is 16.5. The van der Waals surface area contributed by atoms with Gasteiger partial charge in [0.2, 0.25) is 0 Å². The average Bonchev–Trinajstić information content (AvgIpc) is 3.51. The first kappa shape index (κ1) is 19.4. The summed E-state index contributed by atoms with van der Waals surface area (Å²) in [4.78, 5) is 11.5. The molecule has 2 nitrogen and oxygen atoms in total. The Hall–Kier alpha value is -2.61. The lowest BCUT2D eigenvalue weighted by Crippen LogP contribution is -2.14. The second kappa shape index (κ2) is 7.58. The van der Waals surface area contributed by atoms with Crippen molar-refractivity contribution in [1.82, 2.24) is 0 Å². The summed E-state index contributed by atoms with van der Waals surface area (Å²) in [5.41, 5.74) is 6.97. The zero-order valence-corrected chi connectivity index (χ0v) is 18.0. The standard InChI is InChI=1S/C28H30O2/c1-19-3-11-26(12-4-19)30-27-13-9-24(10-14-27)28-16-15-23(17-25(28)18-28)22-7-5-21(6-8-22)20(2)29/h3,5-9,11,13,17,25H,4,10,12,14-16,18H2,1-2H3. The van der Waals surface area contributed by atoms with Crippen molar-refractivity contribution in [3.05, 3.63) is 88.4 Å². The van der Waals surface area contributed by atoms with Gasteiger partial charge in [-0.1, -0.05) is 53.6 Å². The Labute approximate surface area is 179 Å². The topological polar surface area (TPSA) is 26.3 Å². The smallest absolute Gasteiger partial charge is 0.159 e. The molecule has 0 radical (unpaired) electrons. The highest BCUT2D eigenvalue weighted by Crippen LogP contribution is 2.66. The summed E-state index contributed by atoms with van der Waals surface area (Å²) in [6.07, 6.45) is 19.3. The number of hydrogen-bond donors (Lipinski definition) is 0. The van der Waals surface area contributed by atoms with E-state index in [9.17, 15) is 4.79 Å². The van der Waals surface area contributed by atoms with Crippen LogP contribution in [0.1, 0.15) is 74.7 Å². The predicted octanol–water partition coefficient (Wildman–Crippen LogP) is 7.32. The number of ketones is 1. The molecule has 0 amide bonds. The third-order valence-corrected chi connectivity index (χ3v) is 7.37. The van der Waals surface area contributed by atoms with Crippen molar-refractivity contribution in [3.63, 3.8) is 0 Å².